The number of nitrogens with zero attached hydrogens (tertiary/aromatic N) is 1. The lowest BCUT2D eigenvalue weighted by atomic mass is 9.87. The minimum absolute atomic E-state index is 0.228. The molecule has 1 atom stereocenters. The van der Waals surface area contributed by atoms with Crippen molar-refractivity contribution < 1.29 is 8.78 Å². The van der Waals surface area contributed by atoms with Gasteiger partial charge in [-0.05, 0) is 34.0 Å². The number of nitrogens with two attached hydrogens (primary N) is 1. The lowest BCUT2D eigenvalue weighted by molar-refractivity contribution is 0.135. The summed E-state index contributed by atoms with van der Waals surface area (Å²) in [4.78, 5) is 1.90. The van der Waals surface area contributed by atoms with Crippen LogP contribution in [-0.4, -0.2) is 24.5 Å². The van der Waals surface area contributed by atoms with E-state index in [1.807, 2.05) is 32.8 Å². The molecule has 0 saturated heterocycles. The van der Waals surface area contributed by atoms with Crippen molar-refractivity contribution in [2.24, 2.45) is 5.84 Å². The monoisotopic (exact) mass is 243 g/mol. The highest BCUT2D eigenvalue weighted by atomic mass is 19.2. The lowest BCUT2D eigenvalue weighted by Gasteiger charge is -2.40. The lowest BCUT2D eigenvalue weighted by Crippen LogP contribution is -2.51. The summed E-state index contributed by atoms with van der Waals surface area (Å²) >= 11 is 0. The van der Waals surface area contributed by atoms with Gasteiger partial charge in [-0.25, -0.2) is 8.78 Å². The van der Waals surface area contributed by atoms with E-state index in [4.69, 9.17) is 5.84 Å². The first-order valence-electron chi connectivity index (χ1n) is 5.39. The standard InChI is InChI=1S/C12H19F2N3/c1-12(2,17(3)4)11(16-15)8-6-5-7-9(13)10(8)14/h5-7,11,16H,15H2,1-4H3. The van der Waals surface area contributed by atoms with Gasteiger partial charge < -0.3 is 4.90 Å². The van der Waals surface area contributed by atoms with Crippen molar-refractivity contribution in [1.29, 1.82) is 0 Å². The van der Waals surface area contributed by atoms with E-state index in [0.717, 1.165) is 6.07 Å². The van der Waals surface area contributed by atoms with Crippen molar-refractivity contribution in [2.75, 3.05) is 14.1 Å². The molecule has 0 saturated carbocycles. The van der Waals surface area contributed by atoms with Crippen molar-refractivity contribution in [3.63, 3.8) is 0 Å². The maximum atomic E-state index is 13.7. The molecule has 3 N–H and O–H groups in total. The van der Waals surface area contributed by atoms with E-state index >= 15 is 0 Å². The highest BCUT2D eigenvalue weighted by molar-refractivity contribution is 5.25. The molecule has 0 aliphatic carbocycles. The predicted octanol–water partition coefficient (Wildman–Crippen LogP) is 1.81. The first-order chi connectivity index (χ1) is 7.82. The van der Waals surface area contributed by atoms with Crippen LogP contribution in [0.1, 0.15) is 25.5 Å². The van der Waals surface area contributed by atoms with E-state index in [1.54, 1.807) is 0 Å². The third-order valence-corrected chi connectivity index (χ3v) is 3.32. The Morgan fingerprint density at radius 1 is 1.29 bits per heavy atom. The molecule has 17 heavy (non-hydrogen) atoms. The molecule has 1 unspecified atom stereocenters. The van der Waals surface area contributed by atoms with E-state index in [9.17, 15) is 8.78 Å². The van der Waals surface area contributed by atoms with Gasteiger partial charge in [0.05, 0.1) is 6.04 Å². The molecular weight excluding hydrogens is 224 g/mol. The summed E-state index contributed by atoms with van der Waals surface area (Å²) in [5.74, 6) is 3.76. The fourth-order valence-electron chi connectivity index (χ4n) is 1.68. The molecule has 3 nitrogen and oxygen atoms in total. The largest absolute Gasteiger partial charge is 0.302 e. The molecule has 1 aromatic rings. The van der Waals surface area contributed by atoms with Crippen molar-refractivity contribution in [3.8, 4) is 0 Å². The molecule has 0 aliphatic heterocycles. The van der Waals surface area contributed by atoms with Gasteiger partial charge in [0.2, 0.25) is 0 Å². The van der Waals surface area contributed by atoms with Crippen molar-refractivity contribution in [1.82, 2.24) is 10.3 Å². The zero-order valence-electron chi connectivity index (χ0n) is 10.6. The summed E-state index contributed by atoms with van der Waals surface area (Å²) in [5.41, 5.74) is 2.33. The van der Waals surface area contributed by atoms with Gasteiger partial charge in [-0.2, -0.15) is 0 Å². The van der Waals surface area contributed by atoms with Crippen LogP contribution in [-0.2, 0) is 0 Å². The summed E-state index contributed by atoms with van der Waals surface area (Å²) < 4.78 is 27.0. The molecule has 0 aromatic heterocycles. The molecule has 0 amide bonds. The van der Waals surface area contributed by atoms with Crippen LogP contribution in [0.15, 0.2) is 18.2 Å². The number of halogens is 2. The van der Waals surface area contributed by atoms with E-state index < -0.39 is 23.2 Å². The molecule has 0 bridgehead atoms. The average Bonchev–Trinajstić information content (AvgIpc) is 2.24. The van der Waals surface area contributed by atoms with Gasteiger partial charge in [0.15, 0.2) is 11.6 Å². The van der Waals surface area contributed by atoms with E-state index in [-0.39, 0.29) is 5.56 Å². The summed E-state index contributed by atoms with van der Waals surface area (Å²) in [5, 5.41) is 0. The van der Waals surface area contributed by atoms with Crippen LogP contribution in [0.5, 0.6) is 0 Å². The van der Waals surface area contributed by atoms with Crippen molar-refractivity contribution in [2.45, 2.75) is 25.4 Å². The van der Waals surface area contributed by atoms with Crippen LogP contribution in [0.25, 0.3) is 0 Å². The van der Waals surface area contributed by atoms with Crippen molar-refractivity contribution in [3.05, 3.63) is 35.4 Å². The fraction of sp³-hybridized carbons (Fsp3) is 0.500. The highest BCUT2D eigenvalue weighted by Gasteiger charge is 2.34. The number of hydrogen-bond acceptors (Lipinski definition) is 3. The zero-order valence-corrected chi connectivity index (χ0v) is 10.6. The molecule has 0 spiro atoms. The Balaban J connectivity index is 3.23. The van der Waals surface area contributed by atoms with Gasteiger partial charge in [0, 0.05) is 11.1 Å². The fourth-order valence-corrected chi connectivity index (χ4v) is 1.68. The number of rotatable bonds is 4. The number of hydrazine groups is 1. The first-order valence-corrected chi connectivity index (χ1v) is 5.39. The summed E-state index contributed by atoms with van der Waals surface area (Å²) in [7, 11) is 3.73. The number of likely N-dealkylation sites (N-methyl/N-ethyl adjacent to an activating group) is 1. The van der Waals surface area contributed by atoms with Crippen LogP contribution in [0.2, 0.25) is 0 Å². The number of nitrogens with one attached hydrogen (secondary N) is 1. The average molecular weight is 243 g/mol. The van der Waals surface area contributed by atoms with Crippen LogP contribution < -0.4 is 11.3 Å². The molecule has 0 radical (unpaired) electrons. The second kappa shape index (κ2) is 5.08. The maximum Gasteiger partial charge on any atom is 0.163 e. The van der Waals surface area contributed by atoms with E-state index in [0.29, 0.717) is 0 Å². The SMILES string of the molecule is CN(C)C(C)(C)C(NN)c1cccc(F)c1F. The first kappa shape index (κ1) is 14.0. The molecule has 0 fully saturated rings. The van der Waals surface area contributed by atoms with Crippen LogP contribution >= 0.6 is 0 Å². The van der Waals surface area contributed by atoms with Crippen LogP contribution in [0.3, 0.4) is 0 Å². The van der Waals surface area contributed by atoms with Gasteiger partial charge in [-0.3, -0.25) is 11.3 Å². The maximum absolute atomic E-state index is 13.7. The number of benzene rings is 1. The van der Waals surface area contributed by atoms with Gasteiger partial charge in [0.25, 0.3) is 0 Å². The summed E-state index contributed by atoms with van der Waals surface area (Å²) in [6.07, 6.45) is 0. The Morgan fingerprint density at radius 2 is 1.88 bits per heavy atom. The minimum atomic E-state index is -0.864. The topological polar surface area (TPSA) is 41.3 Å². The molecule has 1 rings (SSSR count). The predicted molar refractivity (Wildman–Crippen MR) is 64.2 cm³/mol. The Hall–Kier alpha value is -1.04. The Morgan fingerprint density at radius 3 is 2.35 bits per heavy atom. The van der Waals surface area contributed by atoms with Gasteiger partial charge in [-0.1, -0.05) is 12.1 Å². The second-order valence-corrected chi connectivity index (χ2v) is 4.79. The Labute approximate surface area is 101 Å². The zero-order chi connectivity index (χ0) is 13.2. The van der Waals surface area contributed by atoms with Gasteiger partial charge >= 0.3 is 0 Å². The summed E-state index contributed by atoms with van der Waals surface area (Å²) in [6, 6.07) is 3.60. The van der Waals surface area contributed by atoms with Gasteiger partial charge in [-0.15, -0.1) is 0 Å². The third kappa shape index (κ3) is 2.62. The second-order valence-electron chi connectivity index (χ2n) is 4.79. The summed E-state index contributed by atoms with van der Waals surface area (Å²) in [6.45, 7) is 3.81. The molecule has 5 heteroatoms. The van der Waals surface area contributed by atoms with Crippen molar-refractivity contribution >= 4 is 0 Å². The molecule has 1 aromatic carbocycles. The normalized spacial score (nSPS) is 14.1. The molecular formula is C12H19F2N3. The minimum Gasteiger partial charge on any atom is -0.302 e. The Bertz CT molecular complexity index is 391. The van der Waals surface area contributed by atoms with E-state index in [1.165, 1.54) is 12.1 Å². The van der Waals surface area contributed by atoms with Crippen LogP contribution in [0, 0.1) is 11.6 Å². The molecule has 96 valence electrons. The van der Waals surface area contributed by atoms with Crippen LogP contribution in [0.4, 0.5) is 8.78 Å². The Kier molecular flexibility index (Phi) is 4.19. The molecule has 0 heterocycles. The smallest absolute Gasteiger partial charge is 0.163 e. The van der Waals surface area contributed by atoms with Gasteiger partial charge in [0.1, 0.15) is 0 Å². The van der Waals surface area contributed by atoms with E-state index in [2.05, 4.69) is 5.43 Å². The quantitative estimate of drug-likeness (QED) is 0.626. The number of hydrogen-bond donors (Lipinski definition) is 2. The highest BCUT2D eigenvalue weighted by Crippen LogP contribution is 2.30. The molecule has 0 aliphatic rings. The third-order valence-electron chi connectivity index (χ3n) is 3.32.